The van der Waals surface area contributed by atoms with E-state index in [0.29, 0.717) is 25.5 Å². The summed E-state index contributed by atoms with van der Waals surface area (Å²) in [6.45, 7) is 8.70. The minimum atomic E-state index is -0.414. The first-order valence-electron chi connectivity index (χ1n) is 5.04. The van der Waals surface area contributed by atoms with E-state index in [9.17, 15) is 4.39 Å². The van der Waals surface area contributed by atoms with Crippen LogP contribution in [0.1, 0.15) is 12.6 Å². The van der Waals surface area contributed by atoms with E-state index in [-0.39, 0.29) is 5.82 Å². The van der Waals surface area contributed by atoms with E-state index in [2.05, 4.69) is 21.9 Å². The zero-order chi connectivity index (χ0) is 12.0. The molecular formula is C11H16FN3O. The summed E-state index contributed by atoms with van der Waals surface area (Å²) in [5.74, 6) is -0.200. The van der Waals surface area contributed by atoms with Gasteiger partial charge in [0.25, 0.3) is 0 Å². The van der Waals surface area contributed by atoms with Crippen LogP contribution in [0.25, 0.3) is 0 Å². The van der Waals surface area contributed by atoms with Gasteiger partial charge in [-0.05, 0) is 13.8 Å². The Morgan fingerprint density at radius 1 is 1.56 bits per heavy atom. The van der Waals surface area contributed by atoms with E-state index in [0.717, 1.165) is 5.57 Å². The molecule has 0 bridgehead atoms. The molecule has 0 radical (unpaired) electrons. The van der Waals surface area contributed by atoms with Crippen LogP contribution in [0.15, 0.2) is 18.5 Å². The Bertz CT molecular complexity index is 368. The van der Waals surface area contributed by atoms with Crippen molar-refractivity contribution in [3.63, 3.8) is 0 Å². The molecule has 88 valence electrons. The van der Waals surface area contributed by atoms with Crippen molar-refractivity contribution in [2.45, 2.75) is 13.8 Å². The number of ether oxygens (including phenoxy) is 1. The maximum Gasteiger partial charge on any atom is 0.186 e. The van der Waals surface area contributed by atoms with Crippen molar-refractivity contribution in [1.82, 2.24) is 9.97 Å². The minimum absolute atomic E-state index is 0.214. The molecule has 0 saturated heterocycles. The largest absolute Gasteiger partial charge is 0.375 e. The summed E-state index contributed by atoms with van der Waals surface area (Å²) < 4.78 is 18.7. The number of nitrogens with zero attached hydrogens (tertiary/aromatic N) is 2. The molecule has 0 aliphatic carbocycles. The van der Waals surface area contributed by atoms with E-state index in [1.165, 1.54) is 6.33 Å². The highest BCUT2D eigenvalue weighted by Gasteiger charge is 2.05. The molecule has 0 aliphatic heterocycles. The predicted octanol–water partition coefficient (Wildman–Crippen LogP) is 1.93. The highest BCUT2D eigenvalue weighted by Crippen LogP contribution is 2.10. The van der Waals surface area contributed by atoms with Crippen molar-refractivity contribution in [3.8, 4) is 0 Å². The molecule has 0 saturated carbocycles. The molecule has 0 unspecified atom stereocenters. The molecule has 16 heavy (non-hydrogen) atoms. The van der Waals surface area contributed by atoms with Crippen molar-refractivity contribution in [2.75, 3.05) is 25.1 Å². The molecule has 5 heteroatoms. The van der Waals surface area contributed by atoms with Gasteiger partial charge in [0.15, 0.2) is 11.6 Å². The molecule has 1 N–H and O–H groups in total. The number of aromatic nitrogens is 2. The number of aryl methyl sites for hydroxylation is 1. The van der Waals surface area contributed by atoms with Crippen LogP contribution in [0.5, 0.6) is 0 Å². The lowest BCUT2D eigenvalue weighted by molar-refractivity contribution is 0.167. The van der Waals surface area contributed by atoms with Crippen LogP contribution in [-0.2, 0) is 4.74 Å². The standard InChI is InChI=1S/C11H16FN3O/c1-8(2)6-16-5-4-13-11-10(12)9(3)14-7-15-11/h7H,1,4-6H2,2-3H3,(H,13,14,15). The number of nitrogens with one attached hydrogen (secondary N) is 1. The first-order chi connectivity index (χ1) is 7.61. The van der Waals surface area contributed by atoms with Crippen LogP contribution in [0, 0.1) is 12.7 Å². The van der Waals surface area contributed by atoms with E-state index in [1.807, 2.05) is 6.92 Å². The molecule has 1 aromatic heterocycles. The van der Waals surface area contributed by atoms with Gasteiger partial charge in [0.2, 0.25) is 0 Å². The first-order valence-corrected chi connectivity index (χ1v) is 5.04. The summed E-state index contributed by atoms with van der Waals surface area (Å²) in [7, 11) is 0. The van der Waals surface area contributed by atoms with Crippen LogP contribution in [0.2, 0.25) is 0 Å². The second-order valence-electron chi connectivity index (χ2n) is 3.56. The molecule has 0 aromatic carbocycles. The fourth-order valence-corrected chi connectivity index (χ4v) is 1.07. The van der Waals surface area contributed by atoms with Gasteiger partial charge in [-0.1, -0.05) is 12.2 Å². The molecule has 1 heterocycles. The normalized spacial score (nSPS) is 10.2. The minimum Gasteiger partial charge on any atom is -0.375 e. The fraction of sp³-hybridized carbons (Fsp3) is 0.455. The number of rotatable bonds is 6. The Labute approximate surface area is 94.6 Å². The molecule has 0 spiro atoms. The van der Waals surface area contributed by atoms with E-state index in [1.54, 1.807) is 6.92 Å². The Kier molecular flexibility index (Phi) is 4.85. The van der Waals surface area contributed by atoms with Crippen LogP contribution in [-0.4, -0.2) is 29.7 Å². The number of hydrogen-bond donors (Lipinski definition) is 1. The van der Waals surface area contributed by atoms with Crippen LogP contribution >= 0.6 is 0 Å². The average Bonchev–Trinajstić information content (AvgIpc) is 2.23. The van der Waals surface area contributed by atoms with Crippen molar-refractivity contribution in [1.29, 1.82) is 0 Å². The smallest absolute Gasteiger partial charge is 0.186 e. The third-order valence-corrected chi connectivity index (χ3v) is 1.85. The Balaban J connectivity index is 2.32. The summed E-state index contributed by atoms with van der Waals surface area (Å²) in [5, 5.41) is 2.85. The average molecular weight is 225 g/mol. The summed E-state index contributed by atoms with van der Waals surface area (Å²) >= 11 is 0. The van der Waals surface area contributed by atoms with Crippen molar-refractivity contribution in [3.05, 3.63) is 30.0 Å². The molecule has 0 aliphatic rings. The quantitative estimate of drug-likeness (QED) is 0.593. The summed E-state index contributed by atoms with van der Waals surface area (Å²) in [4.78, 5) is 7.54. The Hall–Kier alpha value is -1.49. The Morgan fingerprint density at radius 2 is 2.31 bits per heavy atom. The highest BCUT2D eigenvalue weighted by molar-refractivity contribution is 5.36. The molecule has 1 rings (SSSR count). The molecule has 0 fully saturated rings. The number of hydrogen-bond acceptors (Lipinski definition) is 4. The summed E-state index contributed by atoms with van der Waals surface area (Å²) in [6, 6.07) is 0. The van der Waals surface area contributed by atoms with Crippen LogP contribution < -0.4 is 5.32 Å². The van der Waals surface area contributed by atoms with E-state index < -0.39 is 5.82 Å². The molecule has 4 nitrogen and oxygen atoms in total. The van der Waals surface area contributed by atoms with Crippen molar-refractivity contribution >= 4 is 5.82 Å². The zero-order valence-corrected chi connectivity index (χ0v) is 9.59. The topological polar surface area (TPSA) is 47.0 Å². The van der Waals surface area contributed by atoms with Crippen LogP contribution in [0.3, 0.4) is 0 Å². The molecule has 0 amide bonds. The number of anilines is 1. The lowest BCUT2D eigenvalue weighted by Gasteiger charge is -2.07. The lowest BCUT2D eigenvalue weighted by atomic mass is 10.4. The van der Waals surface area contributed by atoms with Gasteiger partial charge in [0, 0.05) is 6.54 Å². The van der Waals surface area contributed by atoms with Crippen LogP contribution in [0.4, 0.5) is 10.2 Å². The summed E-state index contributed by atoms with van der Waals surface area (Å²) in [6.07, 6.45) is 1.33. The monoisotopic (exact) mass is 225 g/mol. The van der Waals surface area contributed by atoms with Gasteiger partial charge in [-0.25, -0.2) is 14.4 Å². The van der Waals surface area contributed by atoms with E-state index >= 15 is 0 Å². The third kappa shape index (κ3) is 3.94. The predicted molar refractivity (Wildman–Crippen MR) is 60.8 cm³/mol. The van der Waals surface area contributed by atoms with Gasteiger partial charge in [-0.3, -0.25) is 0 Å². The highest BCUT2D eigenvalue weighted by atomic mass is 19.1. The van der Waals surface area contributed by atoms with Gasteiger partial charge in [-0.15, -0.1) is 0 Å². The van der Waals surface area contributed by atoms with Gasteiger partial charge < -0.3 is 10.1 Å². The lowest BCUT2D eigenvalue weighted by Crippen LogP contribution is -2.13. The second kappa shape index (κ2) is 6.17. The maximum absolute atomic E-state index is 13.4. The Morgan fingerprint density at radius 3 is 3.00 bits per heavy atom. The molecule has 1 aromatic rings. The SMILES string of the molecule is C=C(C)COCCNc1ncnc(C)c1F. The van der Waals surface area contributed by atoms with Crippen molar-refractivity contribution in [2.24, 2.45) is 0 Å². The fourth-order valence-electron chi connectivity index (χ4n) is 1.07. The van der Waals surface area contributed by atoms with E-state index in [4.69, 9.17) is 4.74 Å². The van der Waals surface area contributed by atoms with Gasteiger partial charge in [0.1, 0.15) is 6.33 Å². The maximum atomic E-state index is 13.4. The molecule has 0 atom stereocenters. The molecular weight excluding hydrogens is 209 g/mol. The van der Waals surface area contributed by atoms with Gasteiger partial charge in [0.05, 0.1) is 18.9 Å². The van der Waals surface area contributed by atoms with Gasteiger partial charge in [-0.2, -0.15) is 0 Å². The number of halogens is 1. The third-order valence-electron chi connectivity index (χ3n) is 1.85. The zero-order valence-electron chi connectivity index (χ0n) is 9.59. The van der Waals surface area contributed by atoms with Crippen molar-refractivity contribution < 1.29 is 9.13 Å². The first kappa shape index (κ1) is 12.6. The summed E-state index contributed by atoms with van der Waals surface area (Å²) in [5.41, 5.74) is 1.30. The van der Waals surface area contributed by atoms with Gasteiger partial charge >= 0.3 is 0 Å². The second-order valence-corrected chi connectivity index (χ2v) is 3.56.